The molecule has 0 radical (unpaired) electrons. The van der Waals surface area contributed by atoms with E-state index >= 15 is 0 Å². The van der Waals surface area contributed by atoms with Crippen LogP contribution in [0.1, 0.15) is 12.7 Å². The number of likely N-dealkylation sites (N-methyl/N-ethyl adjacent to an activating group) is 1. The van der Waals surface area contributed by atoms with Gasteiger partial charge >= 0.3 is 5.97 Å². The highest BCUT2D eigenvalue weighted by molar-refractivity contribution is 5.79. The molecular formula is C10H13N5O2. The summed E-state index contributed by atoms with van der Waals surface area (Å²) in [6.45, 7) is 3.42. The fraction of sp³-hybridized carbons (Fsp3) is 0.400. The minimum atomic E-state index is -0.910. The van der Waals surface area contributed by atoms with Gasteiger partial charge < -0.3 is 10.0 Å². The lowest BCUT2D eigenvalue weighted by Crippen LogP contribution is -2.36. The molecule has 0 fully saturated rings. The lowest BCUT2D eigenvalue weighted by atomic mass is 10.3. The van der Waals surface area contributed by atoms with Gasteiger partial charge in [-0.05, 0) is 13.8 Å². The van der Waals surface area contributed by atoms with Crippen LogP contribution in [0.2, 0.25) is 0 Å². The second-order valence-corrected chi connectivity index (χ2v) is 3.82. The van der Waals surface area contributed by atoms with Crippen LogP contribution in [-0.4, -0.2) is 43.7 Å². The standard InChI is InChI=1S/C10H13N5O2/c1-6(10(16)17)14(3)8-9-13-12-7(2)15(9)5-4-11-8/h4-6H,1-3H3,(H,16,17). The van der Waals surface area contributed by atoms with Crippen molar-refractivity contribution in [3.05, 3.63) is 18.2 Å². The molecule has 17 heavy (non-hydrogen) atoms. The molecule has 1 unspecified atom stereocenters. The van der Waals surface area contributed by atoms with E-state index in [2.05, 4.69) is 15.2 Å². The fourth-order valence-electron chi connectivity index (χ4n) is 1.53. The predicted molar refractivity (Wildman–Crippen MR) is 61.0 cm³/mol. The number of fused-ring (bicyclic) bond motifs is 1. The van der Waals surface area contributed by atoms with Gasteiger partial charge in [-0.1, -0.05) is 0 Å². The van der Waals surface area contributed by atoms with Crippen molar-refractivity contribution in [1.82, 2.24) is 19.6 Å². The quantitative estimate of drug-likeness (QED) is 0.826. The van der Waals surface area contributed by atoms with Crippen molar-refractivity contribution in [3.8, 4) is 0 Å². The van der Waals surface area contributed by atoms with E-state index in [4.69, 9.17) is 5.11 Å². The summed E-state index contributed by atoms with van der Waals surface area (Å²) in [5, 5.41) is 16.9. The third kappa shape index (κ3) is 1.79. The average Bonchev–Trinajstić information content (AvgIpc) is 2.69. The number of rotatable bonds is 3. The summed E-state index contributed by atoms with van der Waals surface area (Å²) >= 11 is 0. The Morgan fingerprint density at radius 2 is 2.24 bits per heavy atom. The molecule has 2 rings (SSSR count). The monoisotopic (exact) mass is 235 g/mol. The van der Waals surface area contributed by atoms with E-state index in [1.54, 1.807) is 35.7 Å². The highest BCUT2D eigenvalue weighted by Gasteiger charge is 2.21. The Morgan fingerprint density at radius 3 is 2.88 bits per heavy atom. The number of aliphatic carboxylic acids is 1. The Balaban J connectivity index is 2.52. The molecule has 1 atom stereocenters. The Kier molecular flexibility index (Phi) is 2.66. The smallest absolute Gasteiger partial charge is 0.326 e. The molecule has 0 aromatic carbocycles. The molecule has 0 aliphatic rings. The molecule has 0 saturated carbocycles. The molecule has 0 aliphatic carbocycles. The number of carboxylic acids is 1. The van der Waals surface area contributed by atoms with E-state index in [9.17, 15) is 4.79 Å². The van der Waals surface area contributed by atoms with Crippen LogP contribution in [0.25, 0.3) is 5.65 Å². The van der Waals surface area contributed by atoms with Crippen LogP contribution in [0.5, 0.6) is 0 Å². The molecule has 2 aromatic heterocycles. The number of anilines is 1. The summed E-state index contributed by atoms with van der Waals surface area (Å²) < 4.78 is 1.77. The lowest BCUT2D eigenvalue weighted by Gasteiger charge is -2.22. The van der Waals surface area contributed by atoms with Crippen LogP contribution in [0, 0.1) is 6.92 Å². The first kappa shape index (κ1) is 11.3. The molecule has 0 saturated heterocycles. The number of nitrogens with zero attached hydrogens (tertiary/aromatic N) is 5. The summed E-state index contributed by atoms with van der Waals surface area (Å²) in [6.07, 6.45) is 3.34. The van der Waals surface area contributed by atoms with Gasteiger partial charge in [0.15, 0.2) is 5.82 Å². The molecule has 0 aliphatic heterocycles. The van der Waals surface area contributed by atoms with Gasteiger partial charge in [0, 0.05) is 19.4 Å². The van der Waals surface area contributed by atoms with E-state index in [1.807, 2.05) is 6.92 Å². The molecule has 0 bridgehead atoms. The van der Waals surface area contributed by atoms with Gasteiger partial charge in [-0.3, -0.25) is 4.40 Å². The van der Waals surface area contributed by atoms with Crippen molar-refractivity contribution in [2.75, 3.05) is 11.9 Å². The third-order valence-electron chi connectivity index (χ3n) is 2.75. The second kappa shape index (κ2) is 4.00. The number of carbonyl (C=O) groups is 1. The molecular weight excluding hydrogens is 222 g/mol. The Bertz CT molecular complexity index is 565. The van der Waals surface area contributed by atoms with Crippen LogP contribution in [0.15, 0.2) is 12.4 Å². The van der Waals surface area contributed by atoms with E-state index in [-0.39, 0.29) is 0 Å². The van der Waals surface area contributed by atoms with Gasteiger partial charge in [0.05, 0.1) is 0 Å². The van der Waals surface area contributed by atoms with Crippen molar-refractivity contribution in [3.63, 3.8) is 0 Å². The average molecular weight is 235 g/mol. The summed E-state index contributed by atoms with van der Waals surface area (Å²) in [5.74, 6) is 0.329. The number of carboxylic acid groups (broad SMARTS) is 1. The zero-order valence-electron chi connectivity index (χ0n) is 9.82. The summed E-state index contributed by atoms with van der Waals surface area (Å²) in [7, 11) is 1.67. The third-order valence-corrected chi connectivity index (χ3v) is 2.75. The Morgan fingerprint density at radius 1 is 1.53 bits per heavy atom. The van der Waals surface area contributed by atoms with Crippen molar-refractivity contribution in [1.29, 1.82) is 0 Å². The summed E-state index contributed by atoms with van der Waals surface area (Å²) in [5.41, 5.74) is 0.556. The maximum Gasteiger partial charge on any atom is 0.326 e. The summed E-state index contributed by atoms with van der Waals surface area (Å²) in [6, 6.07) is -0.675. The van der Waals surface area contributed by atoms with E-state index < -0.39 is 12.0 Å². The zero-order valence-corrected chi connectivity index (χ0v) is 9.82. The topological polar surface area (TPSA) is 83.6 Å². The minimum absolute atomic E-state index is 0.503. The van der Waals surface area contributed by atoms with Crippen LogP contribution in [-0.2, 0) is 4.79 Å². The van der Waals surface area contributed by atoms with Gasteiger partial charge in [-0.2, -0.15) is 0 Å². The van der Waals surface area contributed by atoms with Crippen molar-refractivity contribution in [2.45, 2.75) is 19.9 Å². The maximum absolute atomic E-state index is 10.9. The Hall–Kier alpha value is -2.18. The van der Waals surface area contributed by atoms with E-state index in [0.717, 1.165) is 5.82 Å². The van der Waals surface area contributed by atoms with Crippen LogP contribution in [0.3, 0.4) is 0 Å². The number of hydrogen-bond donors (Lipinski definition) is 1. The molecule has 7 nitrogen and oxygen atoms in total. The lowest BCUT2D eigenvalue weighted by molar-refractivity contribution is -0.138. The second-order valence-electron chi connectivity index (χ2n) is 3.82. The van der Waals surface area contributed by atoms with Crippen molar-refractivity contribution >= 4 is 17.4 Å². The first-order valence-corrected chi connectivity index (χ1v) is 5.14. The normalized spacial score (nSPS) is 12.6. The van der Waals surface area contributed by atoms with Crippen LogP contribution in [0.4, 0.5) is 5.82 Å². The van der Waals surface area contributed by atoms with Gasteiger partial charge in [0.1, 0.15) is 11.9 Å². The molecule has 0 spiro atoms. The first-order valence-electron chi connectivity index (χ1n) is 5.14. The SMILES string of the molecule is Cc1nnc2c(N(C)C(C)C(=O)O)nccn12. The van der Waals surface area contributed by atoms with Gasteiger partial charge in [-0.25, -0.2) is 9.78 Å². The van der Waals surface area contributed by atoms with E-state index in [1.165, 1.54) is 0 Å². The van der Waals surface area contributed by atoms with Crippen molar-refractivity contribution < 1.29 is 9.90 Å². The number of aryl methyl sites for hydroxylation is 1. The van der Waals surface area contributed by atoms with Gasteiger partial charge in [0.2, 0.25) is 5.65 Å². The molecule has 2 aromatic rings. The van der Waals surface area contributed by atoms with Crippen LogP contribution >= 0.6 is 0 Å². The largest absolute Gasteiger partial charge is 0.480 e. The predicted octanol–water partition coefficient (Wildman–Crippen LogP) is 0.342. The molecule has 7 heteroatoms. The zero-order chi connectivity index (χ0) is 12.6. The molecule has 2 heterocycles. The molecule has 0 amide bonds. The minimum Gasteiger partial charge on any atom is -0.480 e. The molecule has 90 valence electrons. The first-order chi connectivity index (χ1) is 8.02. The van der Waals surface area contributed by atoms with Gasteiger partial charge in [0.25, 0.3) is 0 Å². The van der Waals surface area contributed by atoms with E-state index in [0.29, 0.717) is 11.5 Å². The maximum atomic E-state index is 10.9. The number of hydrogen-bond acceptors (Lipinski definition) is 5. The number of aromatic nitrogens is 4. The van der Waals surface area contributed by atoms with Gasteiger partial charge in [-0.15, -0.1) is 10.2 Å². The summed E-state index contributed by atoms with van der Waals surface area (Å²) in [4.78, 5) is 16.7. The van der Waals surface area contributed by atoms with Crippen molar-refractivity contribution in [2.24, 2.45) is 0 Å². The highest BCUT2D eigenvalue weighted by atomic mass is 16.4. The molecule has 1 N–H and O–H groups in total. The van der Waals surface area contributed by atoms with Crippen LogP contribution < -0.4 is 4.90 Å². The Labute approximate surface area is 97.7 Å². The fourth-order valence-corrected chi connectivity index (χ4v) is 1.53. The highest BCUT2D eigenvalue weighted by Crippen LogP contribution is 2.17.